The Labute approximate surface area is 171 Å². The smallest absolute Gasteiger partial charge is 0.191 e. The van der Waals surface area contributed by atoms with Gasteiger partial charge in [-0.05, 0) is 44.4 Å². The van der Waals surface area contributed by atoms with Gasteiger partial charge in [0.05, 0.1) is 19.3 Å². The lowest BCUT2D eigenvalue weighted by molar-refractivity contribution is 0.0168. The van der Waals surface area contributed by atoms with E-state index in [9.17, 15) is 8.78 Å². The van der Waals surface area contributed by atoms with Crippen molar-refractivity contribution in [3.63, 3.8) is 0 Å². The Bertz CT molecular complexity index is 555. The first-order chi connectivity index (χ1) is 12.2. The minimum Gasteiger partial charge on any atom is -0.379 e. The molecule has 2 rings (SSSR count). The summed E-state index contributed by atoms with van der Waals surface area (Å²) in [6.45, 7) is 5.52. The molecule has 0 saturated carbocycles. The van der Waals surface area contributed by atoms with E-state index < -0.39 is 11.6 Å². The summed E-state index contributed by atoms with van der Waals surface area (Å²) in [6.07, 6.45) is 3.26. The van der Waals surface area contributed by atoms with Gasteiger partial charge in [0, 0.05) is 31.9 Å². The summed E-state index contributed by atoms with van der Waals surface area (Å²) in [6, 6.07) is 3.38. The minimum atomic E-state index is -0.465. The van der Waals surface area contributed by atoms with Crippen molar-refractivity contribution in [2.45, 2.75) is 38.8 Å². The van der Waals surface area contributed by atoms with Crippen molar-refractivity contribution in [3.05, 3.63) is 35.4 Å². The fourth-order valence-electron chi connectivity index (χ4n) is 2.54. The first-order valence-corrected chi connectivity index (χ1v) is 8.84. The lowest BCUT2D eigenvalue weighted by Crippen LogP contribution is -2.38. The molecule has 0 bridgehead atoms. The second-order valence-corrected chi connectivity index (χ2v) is 5.92. The van der Waals surface area contributed by atoms with Gasteiger partial charge in [-0.2, -0.15) is 0 Å². The molecule has 2 N–H and O–H groups in total. The molecule has 148 valence electrons. The normalized spacial score (nSPS) is 17.0. The Morgan fingerprint density at radius 2 is 2.19 bits per heavy atom. The zero-order chi connectivity index (χ0) is 17.9. The highest BCUT2D eigenvalue weighted by molar-refractivity contribution is 14.0. The van der Waals surface area contributed by atoms with Gasteiger partial charge in [-0.1, -0.05) is 0 Å². The summed E-state index contributed by atoms with van der Waals surface area (Å²) in [4.78, 5) is 4.29. The molecule has 1 fully saturated rings. The molecular weight excluding hydrogens is 455 g/mol. The lowest BCUT2D eigenvalue weighted by Gasteiger charge is -2.13. The average molecular weight is 483 g/mol. The predicted octanol–water partition coefficient (Wildman–Crippen LogP) is 3.22. The molecule has 0 spiro atoms. The van der Waals surface area contributed by atoms with Gasteiger partial charge in [0.25, 0.3) is 0 Å². The van der Waals surface area contributed by atoms with Crippen LogP contribution in [-0.2, 0) is 16.0 Å². The highest BCUT2D eigenvalue weighted by Crippen LogP contribution is 2.12. The van der Waals surface area contributed by atoms with Crippen molar-refractivity contribution in [2.75, 3.05) is 32.9 Å². The van der Waals surface area contributed by atoms with Crippen molar-refractivity contribution in [3.8, 4) is 0 Å². The van der Waals surface area contributed by atoms with Gasteiger partial charge in [-0.25, -0.2) is 13.8 Å². The standard InChI is InChI=1S/C18H27F2N3O2.HI/c1-2-21-18(23-12-14-11-15(19)6-7-17(14)20)22-8-4-9-24-13-16-5-3-10-25-16;/h6-7,11,16H,2-5,8-10,12-13H2,1H3,(H2,21,22,23);1H. The van der Waals surface area contributed by atoms with Crippen LogP contribution in [0.15, 0.2) is 23.2 Å². The highest BCUT2D eigenvalue weighted by Gasteiger charge is 2.14. The number of ether oxygens (including phenoxy) is 2. The van der Waals surface area contributed by atoms with Crippen LogP contribution >= 0.6 is 24.0 Å². The van der Waals surface area contributed by atoms with E-state index in [0.717, 1.165) is 38.0 Å². The molecule has 0 radical (unpaired) electrons. The quantitative estimate of drug-likeness (QED) is 0.245. The van der Waals surface area contributed by atoms with E-state index in [-0.39, 0.29) is 42.2 Å². The highest BCUT2D eigenvalue weighted by atomic mass is 127. The van der Waals surface area contributed by atoms with Gasteiger partial charge in [-0.3, -0.25) is 0 Å². The second kappa shape index (κ2) is 13.2. The fourth-order valence-corrected chi connectivity index (χ4v) is 2.54. The Hall–Kier alpha value is -1.00. The van der Waals surface area contributed by atoms with Gasteiger partial charge in [0.2, 0.25) is 0 Å². The van der Waals surface area contributed by atoms with E-state index in [1.807, 2.05) is 6.92 Å². The van der Waals surface area contributed by atoms with Gasteiger partial charge >= 0.3 is 0 Å². The van der Waals surface area contributed by atoms with E-state index >= 15 is 0 Å². The van der Waals surface area contributed by atoms with Crippen molar-refractivity contribution in [1.29, 1.82) is 0 Å². The van der Waals surface area contributed by atoms with Crippen molar-refractivity contribution in [2.24, 2.45) is 4.99 Å². The summed E-state index contributed by atoms with van der Waals surface area (Å²) in [7, 11) is 0. The summed E-state index contributed by atoms with van der Waals surface area (Å²) in [5, 5.41) is 6.25. The first kappa shape index (κ1) is 23.0. The molecule has 5 nitrogen and oxygen atoms in total. The van der Waals surface area contributed by atoms with Crippen LogP contribution in [0.2, 0.25) is 0 Å². The van der Waals surface area contributed by atoms with Crippen LogP contribution in [0, 0.1) is 11.6 Å². The number of halogens is 3. The summed E-state index contributed by atoms with van der Waals surface area (Å²) in [5.41, 5.74) is 0.233. The number of nitrogens with zero attached hydrogens (tertiary/aromatic N) is 1. The number of benzene rings is 1. The third-order valence-corrected chi connectivity index (χ3v) is 3.85. The second-order valence-electron chi connectivity index (χ2n) is 5.92. The number of hydrogen-bond donors (Lipinski definition) is 2. The number of rotatable bonds is 9. The maximum atomic E-state index is 13.6. The topological polar surface area (TPSA) is 54.9 Å². The zero-order valence-electron chi connectivity index (χ0n) is 15.1. The molecule has 1 aromatic rings. The molecular formula is C18H28F2IN3O2. The molecule has 1 unspecified atom stereocenters. The van der Waals surface area contributed by atoms with Crippen molar-refractivity contribution < 1.29 is 18.3 Å². The van der Waals surface area contributed by atoms with Crippen molar-refractivity contribution >= 4 is 29.9 Å². The molecule has 1 aliphatic rings. The van der Waals surface area contributed by atoms with Gasteiger partial charge in [0.15, 0.2) is 5.96 Å². The minimum absolute atomic E-state index is 0. The molecule has 0 amide bonds. The molecule has 1 saturated heterocycles. The predicted molar refractivity (Wildman–Crippen MR) is 109 cm³/mol. The zero-order valence-corrected chi connectivity index (χ0v) is 17.4. The van der Waals surface area contributed by atoms with Gasteiger partial charge in [0.1, 0.15) is 11.6 Å². The van der Waals surface area contributed by atoms with E-state index in [4.69, 9.17) is 9.47 Å². The van der Waals surface area contributed by atoms with Crippen molar-refractivity contribution in [1.82, 2.24) is 10.6 Å². The maximum absolute atomic E-state index is 13.6. The van der Waals surface area contributed by atoms with Gasteiger partial charge < -0.3 is 20.1 Å². The van der Waals surface area contributed by atoms with Crippen LogP contribution in [0.5, 0.6) is 0 Å². The summed E-state index contributed by atoms with van der Waals surface area (Å²) in [5.74, 6) is -0.346. The monoisotopic (exact) mass is 483 g/mol. The third kappa shape index (κ3) is 8.59. The first-order valence-electron chi connectivity index (χ1n) is 8.84. The molecule has 1 heterocycles. The van der Waals surface area contributed by atoms with Gasteiger partial charge in [-0.15, -0.1) is 24.0 Å². The third-order valence-electron chi connectivity index (χ3n) is 3.85. The largest absolute Gasteiger partial charge is 0.379 e. The SMILES string of the molecule is CCNC(=NCc1cc(F)ccc1F)NCCCOCC1CCCO1.I. The Balaban J connectivity index is 0.00000338. The number of aliphatic imine (C=N–C) groups is 1. The van der Waals surface area contributed by atoms with Crippen LogP contribution in [0.1, 0.15) is 31.7 Å². The van der Waals surface area contributed by atoms with Crippen LogP contribution < -0.4 is 10.6 Å². The summed E-state index contributed by atoms with van der Waals surface area (Å²) >= 11 is 0. The van der Waals surface area contributed by atoms with Crippen LogP contribution in [0.3, 0.4) is 0 Å². The van der Waals surface area contributed by atoms with Crippen LogP contribution in [0.25, 0.3) is 0 Å². The average Bonchev–Trinajstić information content (AvgIpc) is 3.11. The Morgan fingerprint density at radius 3 is 2.92 bits per heavy atom. The molecule has 1 atom stereocenters. The summed E-state index contributed by atoms with van der Waals surface area (Å²) < 4.78 is 37.9. The number of hydrogen-bond acceptors (Lipinski definition) is 3. The van der Waals surface area contributed by atoms with E-state index in [0.29, 0.717) is 32.3 Å². The molecule has 0 aliphatic carbocycles. The molecule has 0 aromatic heterocycles. The molecule has 1 aromatic carbocycles. The number of nitrogens with one attached hydrogen (secondary N) is 2. The Morgan fingerprint density at radius 1 is 1.35 bits per heavy atom. The Kier molecular flexibility index (Phi) is 11.7. The molecule has 26 heavy (non-hydrogen) atoms. The number of guanidine groups is 1. The van der Waals surface area contributed by atoms with Crippen LogP contribution in [0.4, 0.5) is 8.78 Å². The van der Waals surface area contributed by atoms with E-state index in [2.05, 4.69) is 15.6 Å². The van der Waals surface area contributed by atoms with Crippen LogP contribution in [-0.4, -0.2) is 45.0 Å². The lowest BCUT2D eigenvalue weighted by atomic mass is 10.2. The molecule has 8 heteroatoms. The molecule has 1 aliphatic heterocycles. The van der Waals surface area contributed by atoms with E-state index in [1.54, 1.807) is 0 Å². The van der Waals surface area contributed by atoms with E-state index in [1.165, 1.54) is 6.07 Å². The fraction of sp³-hybridized carbons (Fsp3) is 0.611. The maximum Gasteiger partial charge on any atom is 0.191 e.